The van der Waals surface area contributed by atoms with Gasteiger partial charge in [-0.05, 0) is 52.5 Å². The first kappa shape index (κ1) is 21.7. The van der Waals surface area contributed by atoms with E-state index in [4.69, 9.17) is 5.11 Å². The zero-order valence-corrected chi connectivity index (χ0v) is 17.3. The van der Waals surface area contributed by atoms with Crippen LogP contribution in [-0.2, 0) is 0 Å². The Labute approximate surface area is 144 Å². The molecule has 2 unspecified atom stereocenters. The molecular weight excluding hydrogens is 304 g/mol. The summed E-state index contributed by atoms with van der Waals surface area (Å²) in [4.78, 5) is 12.5. The highest BCUT2D eigenvalue weighted by molar-refractivity contribution is 6.15. The number of allylic oxidation sites excluding steroid dienone is 1. The van der Waals surface area contributed by atoms with Crippen LogP contribution in [0, 0.1) is 5.92 Å². The standard InChI is InChI=1S/C13H23NSi.C5H11NO2/c1-4-7-12-8-11-14(10-6-3)13(12,15)9-5-2;1-5(2,3)6-4(7)8/h4-6,12H,1-3,7-11H2,15H3;6H,1-3H3,(H,7,8). The quantitative estimate of drug-likeness (QED) is 0.578. The topological polar surface area (TPSA) is 52.6 Å². The lowest BCUT2D eigenvalue weighted by atomic mass is 9.93. The Balaban J connectivity index is 0.000000515. The SMILES string of the molecule is C=CCC1CCN(CC=C)C1([SiH3])CC=C.CC(C)(C)NC(=O)O. The predicted molar refractivity (Wildman–Crippen MR) is 103 cm³/mol. The van der Waals surface area contributed by atoms with Crippen LogP contribution in [0.2, 0.25) is 0 Å². The largest absolute Gasteiger partial charge is 0.465 e. The highest BCUT2D eigenvalue weighted by Gasteiger charge is 2.42. The second kappa shape index (κ2) is 9.73. The van der Waals surface area contributed by atoms with Gasteiger partial charge in [-0.2, -0.15) is 0 Å². The van der Waals surface area contributed by atoms with E-state index in [1.165, 1.54) is 23.2 Å². The van der Waals surface area contributed by atoms with Gasteiger partial charge in [-0.25, -0.2) is 4.79 Å². The molecule has 0 bridgehead atoms. The lowest BCUT2D eigenvalue weighted by molar-refractivity contribution is 0.184. The van der Waals surface area contributed by atoms with E-state index in [1.54, 1.807) is 20.8 Å². The highest BCUT2D eigenvalue weighted by Crippen LogP contribution is 2.37. The van der Waals surface area contributed by atoms with Crippen molar-refractivity contribution in [3.05, 3.63) is 38.0 Å². The van der Waals surface area contributed by atoms with Crippen molar-refractivity contribution >= 4 is 16.3 Å². The van der Waals surface area contributed by atoms with Gasteiger partial charge in [0.25, 0.3) is 0 Å². The van der Waals surface area contributed by atoms with Crippen LogP contribution in [0.15, 0.2) is 38.0 Å². The van der Waals surface area contributed by atoms with Gasteiger partial charge >= 0.3 is 6.09 Å². The summed E-state index contributed by atoms with van der Waals surface area (Å²) in [5.41, 5.74) is -0.328. The molecule has 0 aromatic carbocycles. The molecule has 0 spiro atoms. The Bertz CT molecular complexity index is 398. The number of carbonyl (C=O) groups is 1. The highest BCUT2D eigenvalue weighted by atomic mass is 28.1. The number of carboxylic acid groups (broad SMARTS) is 1. The van der Waals surface area contributed by atoms with Crippen LogP contribution in [0.25, 0.3) is 0 Å². The first-order valence-corrected chi connectivity index (χ1v) is 9.19. The van der Waals surface area contributed by atoms with Crippen molar-refractivity contribution in [2.24, 2.45) is 5.92 Å². The first-order chi connectivity index (χ1) is 10.6. The molecule has 0 aromatic rings. The van der Waals surface area contributed by atoms with Gasteiger partial charge in [0.1, 0.15) is 0 Å². The minimum Gasteiger partial charge on any atom is -0.465 e. The van der Waals surface area contributed by atoms with Crippen LogP contribution in [0.3, 0.4) is 0 Å². The second-order valence-electron chi connectivity index (χ2n) is 7.27. The molecule has 2 atom stereocenters. The summed E-state index contributed by atoms with van der Waals surface area (Å²) >= 11 is 0. The van der Waals surface area contributed by atoms with E-state index in [2.05, 4.69) is 42.1 Å². The van der Waals surface area contributed by atoms with Gasteiger partial charge in [-0.3, -0.25) is 4.90 Å². The van der Waals surface area contributed by atoms with Crippen LogP contribution in [0.1, 0.15) is 40.0 Å². The average molecular weight is 339 g/mol. The maximum absolute atomic E-state index is 9.90. The van der Waals surface area contributed by atoms with E-state index in [9.17, 15) is 4.79 Å². The molecular formula is C18H34N2O2Si. The maximum atomic E-state index is 9.90. The third kappa shape index (κ3) is 7.66. The number of amides is 1. The Kier molecular flexibility index (Phi) is 9.16. The zero-order valence-electron chi connectivity index (χ0n) is 15.3. The number of nitrogens with zero attached hydrogens (tertiary/aromatic N) is 1. The van der Waals surface area contributed by atoms with Gasteiger partial charge in [0.05, 0.1) is 0 Å². The summed E-state index contributed by atoms with van der Waals surface area (Å²) in [6.45, 7) is 19.2. The normalized spacial score (nSPS) is 24.4. The fourth-order valence-corrected chi connectivity index (χ4v) is 4.29. The Morgan fingerprint density at radius 3 is 2.30 bits per heavy atom. The van der Waals surface area contributed by atoms with E-state index >= 15 is 0 Å². The van der Waals surface area contributed by atoms with Crippen molar-refractivity contribution in [3.8, 4) is 0 Å². The van der Waals surface area contributed by atoms with Gasteiger partial charge in [0, 0.05) is 27.5 Å². The summed E-state index contributed by atoms with van der Waals surface area (Å²) in [5.74, 6) is 0.777. The van der Waals surface area contributed by atoms with Crippen LogP contribution < -0.4 is 5.32 Å². The van der Waals surface area contributed by atoms with Crippen molar-refractivity contribution in [1.82, 2.24) is 10.2 Å². The molecule has 1 saturated heterocycles. The van der Waals surface area contributed by atoms with E-state index < -0.39 is 6.09 Å². The smallest absolute Gasteiger partial charge is 0.405 e. The Morgan fingerprint density at radius 1 is 1.35 bits per heavy atom. The second-order valence-corrected chi connectivity index (χ2v) is 9.01. The molecule has 1 rings (SSSR count). The summed E-state index contributed by atoms with van der Waals surface area (Å²) in [6, 6.07) is 0. The average Bonchev–Trinajstić information content (AvgIpc) is 2.67. The number of likely N-dealkylation sites (tertiary alicyclic amines) is 1. The van der Waals surface area contributed by atoms with Crippen molar-refractivity contribution in [2.75, 3.05) is 13.1 Å². The predicted octanol–water partition coefficient (Wildman–Crippen LogP) is 2.76. The number of rotatable bonds is 6. The summed E-state index contributed by atoms with van der Waals surface area (Å²) in [5, 5.41) is 10.8. The molecule has 0 saturated carbocycles. The summed E-state index contributed by atoms with van der Waals surface area (Å²) in [6.07, 6.45) is 8.75. The summed E-state index contributed by atoms with van der Waals surface area (Å²) < 4.78 is 0. The minimum absolute atomic E-state index is 0.328. The van der Waals surface area contributed by atoms with E-state index in [-0.39, 0.29) is 5.54 Å². The molecule has 1 fully saturated rings. The minimum atomic E-state index is -0.975. The molecule has 4 nitrogen and oxygen atoms in total. The molecule has 1 aliphatic heterocycles. The number of nitrogens with one attached hydrogen (secondary N) is 1. The van der Waals surface area contributed by atoms with Crippen molar-refractivity contribution in [3.63, 3.8) is 0 Å². The Hall–Kier alpha value is -1.33. The van der Waals surface area contributed by atoms with Gasteiger partial charge < -0.3 is 10.4 Å². The lowest BCUT2D eigenvalue weighted by Gasteiger charge is -2.38. The van der Waals surface area contributed by atoms with E-state index in [1.807, 2.05) is 6.08 Å². The van der Waals surface area contributed by atoms with Crippen molar-refractivity contribution < 1.29 is 9.90 Å². The number of hydrogen-bond donors (Lipinski definition) is 2. The Morgan fingerprint density at radius 2 is 1.96 bits per heavy atom. The van der Waals surface area contributed by atoms with Gasteiger partial charge in [0.15, 0.2) is 0 Å². The molecule has 0 aliphatic carbocycles. The van der Waals surface area contributed by atoms with E-state index in [0.29, 0.717) is 5.16 Å². The van der Waals surface area contributed by atoms with Crippen molar-refractivity contribution in [2.45, 2.75) is 50.7 Å². The molecule has 1 aliphatic rings. The third-order valence-corrected chi connectivity index (χ3v) is 6.05. The monoisotopic (exact) mass is 338 g/mol. The third-order valence-electron chi connectivity index (χ3n) is 4.19. The molecule has 23 heavy (non-hydrogen) atoms. The molecule has 1 amide bonds. The van der Waals surface area contributed by atoms with Gasteiger partial charge in [0.2, 0.25) is 0 Å². The van der Waals surface area contributed by atoms with Crippen LogP contribution in [0.5, 0.6) is 0 Å². The van der Waals surface area contributed by atoms with Crippen LogP contribution in [0.4, 0.5) is 4.79 Å². The maximum Gasteiger partial charge on any atom is 0.405 e. The van der Waals surface area contributed by atoms with Crippen molar-refractivity contribution in [1.29, 1.82) is 0 Å². The van der Waals surface area contributed by atoms with Crippen LogP contribution >= 0.6 is 0 Å². The molecule has 2 N–H and O–H groups in total. The fourth-order valence-electron chi connectivity index (χ4n) is 3.07. The van der Waals surface area contributed by atoms with Gasteiger partial charge in [-0.1, -0.05) is 18.2 Å². The number of hydrogen-bond acceptors (Lipinski definition) is 2. The molecule has 5 heteroatoms. The molecule has 132 valence electrons. The zero-order chi connectivity index (χ0) is 18.1. The first-order valence-electron chi connectivity index (χ1n) is 8.19. The molecule has 0 aromatic heterocycles. The van der Waals surface area contributed by atoms with Crippen LogP contribution in [-0.4, -0.2) is 50.1 Å². The lowest BCUT2D eigenvalue weighted by Crippen LogP contribution is -2.48. The molecule has 0 radical (unpaired) electrons. The molecule has 1 heterocycles. The van der Waals surface area contributed by atoms with E-state index in [0.717, 1.165) is 25.3 Å². The van der Waals surface area contributed by atoms with Gasteiger partial charge in [-0.15, -0.1) is 19.7 Å². The summed E-state index contributed by atoms with van der Waals surface area (Å²) in [7, 11) is 1.20. The fraction of sp³-hybridized carbons (Fsp3) is 0.611.